The Hall–Kier alpha value is -0.590. The quantitative estimate of drug-likeness (QED) is 0.601. The van der Waals surface area contributed by atoms with Crippen LogP contribution in [-0.4, -0.2) is 6.21 Å². The summed E-state index contributed by atoms with van der Waals surface area (Å²) < 4.78 is 0. The number of hydrogen-bond donors (Lipinski definition) is 0. The van der Waals surface area contributed by atoms with Crippen molar-refractivity contribution in [1.29, 1.82) is 0 Å². The molecule has 100 valence electrons. The van der Waals surface area contributed by atoms with Crippen LogP contribution in [0.1, 0.15) is 66.7 Å². The first-order chi connectivity index (χ1) is 8.15. The minimum atomic E-state index is 0.636. The minimum absolute atomic E-state index is 0.636. The van der Waals surface area contributed by atoms with E-state index < -0.39 is 0 Å². The van der Waals surface area contributed by atoms with Crippen molar-refractivity contribution >= 4 is 6.21 Å². The van der Waals surface area contributed by atoms with Crippen LogP contribution in [0.25, 0.3) is 0 Å². The smallest absolute Gasteiger partial charge is 0.0227 e. The lowest BCUT2D eigenvalue weighted by atomic mass is 9.87. The Morgan fingerprint density at radius 3 is 2.41 bits per heavy atom. The van der Waals surface area contributed by atoms with E-state index in [-0.39, 0.29) is 0 Å². The zero-order valence-corrected chi connectivity index (χ0v) is 12.4. The van der Waals surface area contributed by atoms with Crippen LogP contribution in [0.15, 0.2) is 17.3 Å². The molecule has 1 aliphatic rings. The molecule has 1 rings (SSSR count). The molecule has 0 saturated heterocycles. The van der Waals surface area contributed by atoms with Gasteiger partial charge in [-0.05, 0) is 24.2 Å². The van der Waals surface area contributed by atoms with Crippen LogP contribution in [0.2, 0.25) is 0 Å². The molecule has 0 aromatic heterocycles. The molecule has 0 aromatic carbocycles. The van der Waals surface area contributed by atoms with E-state index in [1.165, 1.54) is 32.1 Å². The summed E-state index contributed by atoms with van der Waals surface area (Å²) >= 11 is 0. The molecular weight excluding hydrogens is 206 g/mol. The average Bonchev–Trinajstić information content (AvgIpc) is 2.32. The first-order valence-electron chi connectivity index (χ1n) is 7.35. The predicted octanol–water partition coefficient (Wildman–Crippen LogP) is 5.47. The third-order valence-corrected chi connectivity index (χ3v) is 3.35. The molecule has 1 heterocycles. The molecular formula is C16H31N. The highest BCUT2D eigenvalue weighted by Crippen LogP contribution is 2.23. The fourth-order valence-electron chi connectivity index (χ4n) is 1.90. The van der Waals surface area contributed by atoms with E-state index >= 15 is 0 Å². The first-order valence-corrected chi connectivity index (χ1v) is 7.35. The van der Waals surface area contributed by atoms with Crippen LogP contribution < -0.4 is 0 Å². The molecule has 0 N–H and O–H groups in total. The SMILES string of the molecule is CCC.CCC(C)CCCC1C=CN=CC1C. The first kappa shape index (κ1) is 16.4. The van der Waals surface area contributed by atoms with Crippen molar-refractivity contribution in [2.45, 2.75) is 66.7 Å². The highest BCUT2D eigenvalue weighted by Gasteiger charge is 2.14. The molecule has 1 aliphatic heterocycles. The van der Waals surface area contributed by atoms with Gasteiger partial charge in [0.05, 0.1) is 0 Å². The normalized spacial score (nSPS) is 24.1. The second-order valence-corrected chi connectivity index (χ2v) is 5.31. The van der Waals surface area contributed by atoms with Crippen LogP contribution in [0.5, 0.6) is 0 Å². The van der Waals surface area contributed by atoms with Gasteiger partial charge < -0.3 is 0 Å². The van der Waals surface area contributed by atoms with Gasteiger partial charge in [-0.25, -0.2) is 0 Å². The predicted molar refractivity (Wildman–Crippen MR) is 79.6 cm³/mol. The standard InChI is InChI=1S/C13H23N.C3H8/c1-4-11(2)6-5-7-13-8-9-14-10-12(13)3;1-3-2/h8-13H,4-7H2,1-3H3;3H2,1-2H3. The van der Waals surface area contributed by atoms with Crippen molar-refractivity contribution in [3.63, 3.8) is 0 Å². The topological polar surface area (TPSA) is 12.4 Å². The molecule has 0 saturated carbocycles. The summed E-state index contributed by atoms with van der Waals surface area (Å²) in [6, 6.07) is 0. The maximum absolute atomic E-state index is 4.16. The van der Waals surface area contributed by atoms with Gasteiger partial charge in [0.2, 0.25) is 0 Å². The lowest BCUT2D eigenvalue weighted by Crippen LogP contribution is -2.13. The van der Waals surface area contributed by atoms with Gasteiger partial charge in [-0.15, -0.1) is 0 Å². The Balaban J connectivity index is 0.000000770. The summed E-state index contributed by atoms with van der Waals surface area (Å²) in [6.07, 6.45) is 12.9. The van der Waals surface area contributed by atoms with Crippen molar-refractivity contribution in [2.24, 2.45) is 22.7 Å². The summed E-state index contributed by atoms with van der Waals surface area (Å²) in [7, 11) is 0. The summed E-state index contributed by atoms with van der Waals surface area (Å²) in [4.78, 5) is 4.16. The summed E-state index contributed by atoms with van der Waals surface area (Å²) in [6.45, 7) is 11.1. The number of nitrogens with zero attached hydrogens (tertiary/aromatic N) is 1. The van der Waals surface area contributed by atoms with Crippen molar-refractivity contribution in [2.75, 3.05) is 0 Å². The van der Waals surface area contributed by atoms with Gasteiger partial charge in [-0.3, -0.25) is 4.99 Å². The Morgan fingerprint density at radius 1 is 1.24 bits per heavy atom. The highest BCUT2D eigenvalue weighted by atomic mass is 14.7. The Morgan fingerprint density at radius 2 is 1.88 bits per heavy atom. The Labute approximate surface area is 108 Å². The van der Waals surface area contributed by atoms with Crippen LogP contribution in [0.3, 0.4) is 0 Å². The van der Waals surface area contributed by atoms with Gasteiger partial charge in [-0.1, -0.05) is 66.4 Å². The van der Waals surface area contributed by atoms with Gasteiger partial charge in [0.25, 0.3) is 0 Å². The molecule has 0 amide bonds. The molecule has 0 radical (unpaired) electrons. The number of hydrogen-bond acceptors (Lipinski definition) is 1. The second kappa shape index (κ2) is 10.6. The molecule has 1 nitrogen and oxygen atoms in total. The Bertz CT molecular complexity index is 218. The molecule has 0 aromatic rings. The lowest BCUT2D eigenvalue weighted by molar-refractivity contribution is 0.423. The molecule has 3 atom stereocenters. The van der Waals surface area contributed by atoms with Crippen molar-refractivity contribution < 1.29 is 0 Å². The number of rotatable bonds is 5. The van der Waals surface area contributed by atoms with Crippen LogP contribution in [0, 0.1) is 17.8 Å². The molecule has 0 aliphatic carbocycles. The van der Waals surface area contributed by atoms with Crippen molar-refractivity contribution in [3.05, 3.63) is 12.3 Å². The second-order valence-electron chi connectivity index (χ2n) is 5.31. The van der Waals surface area contributed by atoms with E-state index in [0.717, 1.165) is 11.8 Å². The van der Waals surface area contributed by atoms with E-state index in [4.69, 9.17) is 0 Å². The third-order valence-electron chi connectivity index (χ3n) is 3.35. The van der Waals surface area contributed by atoms with E-state index in [2.05, 4.69) is 51.9 Å². The van der Waals surface area contributed by atoms with Crippen molar-refractivity contribution in [3.8, 4) is 0 Å². The number of allylic oxidation sites excluding steroid dienone is 1. The molecule has 0 spiro atoms. The van der Waals surface area contributed by atoms with Gasteiger partial charge in [0, 0.05) is 12.4 Å². The summed E-state index contributed by atoms with van der Waals surface area (Å²) in [5.41, 5.74) is 0. The maximum atomic E-state index is 4.16. The van der Waals surface area contributed by atoms with E-state index in [1.807, 2.05) is 6.20 Å². The lowest BCUT2D eigenvalue weighted by Gasteiger charge is -2.20. The molecule has 17 heavy (non-hydrogen) atoms. The van der Waals surface area contributed by atoms with E-state index in [1.54, 1.807) is 0 Å². The molecule has 0 bridgehead atoms. The molecule has 1 heteroatoms. The maximum Gasteiger partial charge on any atom is 0.0227 e. The zero-order chi connectivity index (χ0) is 13.1. The third kappa shape index (κ3) is 8.18. The minimum Gasteiger partial charge on any atom is -0.269 e. The summed E-state index contributed by atoms with van der Waals surface area (Å²) in [5.74, 6) is 2.26. The van der Waals surface area contributed by atoms with Crippen LogP contribution in [-0.2, 0) is 0 Å². The van der Waals surface area contributed by atoms with E-state index in [9.17, 15) is 0 Å². The Kier molecular flexibility index (Phi) is 10.2. The number of aliphatic imine (C=N–C) groups is 1. The molecule has 3 unspecified atom stereocenters. The van der Waals surface area contributed by atoms with Gasteiger partial charge >= 0.3 is 0 Å². The van der Waals surface area contributed by atoms with Crippen LogP contribution in [0.4, 0.5) is 0 Å². The fourth-order valence-corrected chi connectivity index (χ4v) is 1.90. The highest BCUT2D eigenvalue weighted by molar-refractivity contribution is 5.63. The van der Waals surface area contributed by atoms with Gasteiger partial charge in [0.15, 0.2) is 0 Å². The van der Waals surface area contributed by atoms with Gasteiger partial charge in [-0.2, -0.15) is 0 Å². The van der Waals surface area contributed by atoms with Crippen molar-refractivity contribution in [1.82, 2.24) is 0 Å². The van der Waals surface area contributed by atoms with Crippen LogP contribution >= 0.6 is 0 Å². The van der Waals surface area contributed by atoms with Gasteiger partial charge in [0.1, 0.15) is 0 Å². The fraction of sp³-hybridized carbons (Fsp3) is 0.812. The largest absolute Gasteiger partial charge is 0.269 e. The van der Waals surface area contributed by atoms with E-state index in [0.29, 0.717) is 5.92 Å². The molecule has 0 fully saturated rings. The monoisotopic (exact) mass is 237 g/mol. The average molecular weight is 237 g/mol. The zero-order valence-electron chi connectivity index (χ0n) is 12.4. The summed E-state index contributed by atoms with van der Waals surface area (Å²) in [5, 5.41) is 0.